The average Bonchev–Trinajstić information content (AvgIpc) is 2.59. The van der Waals surface area contributed by atoms with E-state index in [1.807, 2.05) is 36.4 Å². The van der Waals surface area contributed by atoms with Crippen LogP contribution in [-0.2, 0) is 22.9 Å². The Morgan fingerprint density at radius 1 is 1.04 bits per heavy atom. The SMILES string of the molecule is CCCCc1ccc(S(=O)(=O)N2CCCc3ccccc32)cc1. The van der Waals surface area contributed by atoms with Crippen LogP contribution >= 0.6 is 0 Å². The van der Waals surface area contributed by atoms with E-state index in [0.29, 0.717) is 11.4 Å². The monoisotopic (exact) mass is 329 g/mol. The lowest BCUT2D eigenvalue weighted by atomic mass is 10.0. The zero-order valence-corrected chi connectivity index (χ0v) is 14.3. The molecule has 2 aromatic rings. The number of anilines is 1. The smallest absolute Gasteiger partial charge is 0.264 e. The number of hydrogen-bond donors (Lipinski definition) is 0. The van der Waals surface area contributed by atoms with Crippen LogP contribution in [0.1, 0.15) is 37.3 Å². The maximum absolute atomic E-state index is 13.0. The molecular weight excluding hydrogens is 306 g/mol. The first-order chi connectivity index (χ1) is 11.1. The molecule has 0 saturated carbocycles. The highest BCUT2D eigenvalue weighted by atomic mass is 32.2. The lowest BCUT2D eigenvalue weighted by Crippen LogP contribution is -2.35. The number of aryl methyl sites for hydroxylation is 2. The van der Waals surface area contributed by atoms with Gasteiger partial charge in [0.2, 0.25) is 0 Å². The van der Waals surface area contributed by atoms with Gasteiger partial charge in [-0.1, -0.05) is 43.7 Å². The van der Waals surface area contributed by atoms with E-state index >= 15 is 0 Å². The van der Waals surface area contributed by atoms with Gasteiger partial charge in [-0.2, -0.15) is 0 Å². The highest BCUT2D eigenvalue weighted by Gasteiger charge is 2.28. The zero-order chi connectivity index (χ0) is 16.3. The van der Waals surface area contributed by atoms with Crippen LogP contribution in [0, 0.1) is 0 Å². The maximum atomic E-state index is 13.0. The summed E-state index contributed by atoms with van der Waals surface area (Å²) in [7, 11) is -3.48. The molecule has 0 spiro atoms. The number of fused-ring (bicyclic) bond motifs is 1. The first-order valence-electron chi connectivity index (χ1n) is 8.32. The summed E-state index contributed by atoms with van der Waals surface area (Å²) in [4.78, 5) is 0.384. The normalized spacial score (nSPS) is 14.6. The molecule has 1 heterocycles. The largest absolute Gasteiger partial charge is 0.266 e. The molecule has 0 aromatic heterocycles. The Bertz CT molecular complexity index is 766. The highest BCUT2D eigenvalue weighted by Crippen LogP contribution is 2.31. The first-order valence-corrected chi connectivity index (χ1v) is 9.76. The quantitative estimate of drug-likeness (QED) is 0.825. The van der Waals surface area contributed by atoms with Gasteiger partial charge >= 0.3 is 0 Å². The fourth-order valence-electron chi connectivity index (χ4n) is 3.08. The fourth-order valence-corrected chi connectivity index (χ4v) is 4.63. The lowest BCUT2D eigenvalue weighted by Gasteiger charge is -2.30. The summed E-state index contributed by atoms with van der Waals surface area (Å²) in [5.74, 6) is 0. The summed E-state index contributed by atoms with van der Waals surface area (Å²) < 4.78 is 27.6. The number of hydrogen-bond acceptors (Lipinski definition) is 2. The fraction of sp³-hybridized carbons (Fsp3) is 0.368. The van der Waals surface area contributed by atoms with E-state index < -0.39 is 10.0 Å². The van der Waals surface area contributed by atoms with Gasteiger partial charge in [0.15, 0.2) is 0 Å². The van der Waals surface area contributed by atoms with E-state index in [9.17, 15) is 8.42 Å². The van der Waals surface area contributed by atoms with Gasteiger partial charge in [-0.3, -0.25) is 4.31 Å². The lowest BCUT2D eigenvalue weighted by molar-refractivity contribution is 0.586. The number of nitrogens with zero attached hydrogens (tertiary/aromatic N) is 1. The molecule has 0 saturated heterocycles. The molecule has 3 nitrogen and oxygen atoms in total. The Hall–Kier alpha value is -1.81. The third kappa shape index (κ3) is 3.27. The Morgan fingerprint density at radius 3 is 2.52 bits per heavy atom. The molecule has 0 atom stereocenters. The van der Waals surface area contributed by atoms with E-state index in [0.717, 1.165) is 43.4 Å². The van der Waals surface area contributed by atoms with Gasteiger partial charge in [-0.05, 0) is 55.0 Å². The molecule has 0 fully saturated rings. The highest BCUT2D eigenvalue weighted by molar-refractivity contribution is 7.92. The molecule has 1 aliphatic rings. The Morgan fingerprint density at radius 2 is 1.78 bits per heavy atom. The summed E-state index contributed by atoms with van der Waals surface area (Å²) in [5, 5.41) is 0. The van der Waals surface area contributed by atoms with Crippen molar-refractivity contribution in [1.29, 1.82) is 0 Å². The number of para-hydroxylation sites is 1. The summed E-state index contributed by atoms with van der Waals surface area (Å²) >= 11 is 0. The zero-order valence-electron chi connectivity index (χ0n) is 13.5. The third-order valence-corrected chi connectivity index (χ3v) is 6.23. The van der Waals surface area contributed by atoms with Gasteiger partial charge in [0.25, 0.3) is 10.0 Å². The van der Waals surface area contributed by atoms with Crippen LogP contribution in [0.5, 0.6) is 0 Å². The Balaban J connectivity index is 1.90. The van der Waals surface area contributed by atoms with Gasteiger partial charge in [-0.25, -0.2) is 8.42 Å². The topological polar surface area (TPSA) is 37.4 Å². The molecule has 0 aliphatic carbocycles. The van der Waals surface area contributed by atoms with Crippen molar-refractivity contribution in [3.05, 3.63) is 59.7 Å². The number of sulfonamides is 1. The molecule has 3 rings (SSSR count). The maximum Gasteiger partial charge on any atom is 0.264 e. The van der Waals surface area contributed by atoms with Gasteiger partial charge in [0.1, 0.15) is 0 Å². The van der Waals surface area contributed by atoms with Gasteiger partial charge in [0, 0.05) is 6.54 Å². The standard InChI is InChI=1S/C19H23NO2S/c1-2-3-7-16-11-13-18(14-12-16)23(21,22)20-15-6-9-17-8-4-5-10-19(17)20/h4-5,8,10-14H,2-3,6-7,9,15H2,1H3. The molecule has 0 amide bonds. The van der Waals surface area contributed by atoms with Crippen molar-refractivity contribution in [2.45, 2.75) is 43.9 Å². The molecule has 1 aliphatic heterocycles. The minimum Gasteiger partial charge on any atom is -0.266 e. The third-order valence-electron chi connectivity index (χ3n) is 4.40. The van der Waals surface area contributed by atoms with Crippen LogP contribution in [0.15, 0.2) is 53.4 Å². The minimum atomic E-state index is -3.48. The van der Waals surface area contributed by atoms with E-state index in [1.54, 1.807) is 16.4 Å². The van der Waals surface area contributed by atoms with Crippen LogP contribution < -0.4 is 4.31 Å². The molecule has 0 radical (unpaired) electrons. The van der Waals surface area contributed by atoms with Crippen LogP contribution in [0.25, 0.3) is 0 Å². The van der Waals surface area contributed by atoms with Crippen molar-refractivity contribution in [2.24, 2.45) is 0 Å². The summed E-state index contributed by atoms with van der Waals surface area (Å²) in [6, 6.07) is 15.2. The Kier molecular flexibility index (Phi) is 4.71. The van der Waals surface area contributed by atoms with E-state index in [2.05, 4.69) is 6.92 Å². The molecular formula is C19H23NO2S. The van der Waals surface area contributed by atoms with Crippen molar-refractivity contribution in [3.63, 3.8) is 0 Å². The predicted octanol–water partition coefficient (Wildman–Crippen LogP) is 4.17. The summed E-state index contributed by atoms with van der Waals surface area (Å²) in [5.41, 5.74) is 3.14. The molecule has 2 aromatic carbocycles. The van der Waals surface area contributed by atoms with Crippen LogP contribution in [0.3, 0.4) is 0 Å². The van der Waals surface area contributed by atoms with Gasteiger partial charge in [0.05, 0.1) is 10.6 Å². The van der Waals surface area contributed by atoms with Gasteiger partial charge in [-0.15, -0.1) is 0 Å². The Labute approximate surface area is 139 Å². The number of rotatable bonds is 5. The van der Waals surface area contributed by atoms with Crippen molar-refractivity contribution in [3.8, 4) is 0 Å². The van der Waals surface area contributed by atoms with E-state index in [1.165, 1.54) is 5.56 Å². The van der Waals surface area contributed by atoms with E-state index in [4.69, 9.17) is 0 Å². The molecule has 4 heteroatoms. The van der Waals surface area contributed by atoms with Crippen molar-refractivity contribution >= 4 is 15.7 Å². The molecule has 0 N–H and O–H groups in total. The summed E-state index contributed by atoms with van der Waals surface area (Å²) in [6.07, 6.45) is 5.09. The average molecular weight is 329 g/mol. The number of benzene rings is 2. The van der Waals surface area contributed by atoms with Gasteiger partial charge < -0.3 is 0 Å². The second kappa shape index (κ2) is 6.75. The second-order valence-corrected chi connectivity index (χ2v) is 7.92. The molecule has 0 bridgehead atoms. The van der Waals surface area contributed by atoms with Crippen molar-refractivity contribution in [1.82, 2.24) is 0 Å². The molecule has 23 heavy (non-hydrogen) atoms. The predicted molar refractivity (Wildman–Crippen MR) is 94.3 cm³/mol. The van der Waals surface area contributed by atoms with Crippen LogP contribution in [0.2, 0.25) is 0 Å². The second-order valence-electron chi connectivity index (χ2n) is 6.06. The first kappa shape index (κ1) is 16.1. The van der Waals surface area contributed by atoms with Crippen LogP contribution in [0.4, 0.5) is 5.69 Å². The molecule has 122 valence electrons. The molecule has 0 unspecified atom stereocenters. The number of unbranched alkanes of at least 4 members (excludes halogenated alkanes) is 1. The van der Waals surface area contributed by atoms with E-state index in [-0.39, 0.29) is 0 Å². The van der Waals surface area contributed by atoms with Crippen molar-refractivity contribution in [2.75, 3.05) is 10.8 Å². The summed E-state index contributed by atoms with van der Waals surface area (Å²) in [6.45, 7) is 2.71. The van der Waals surface area contributed by atoms with Crippen molar-refractivity contribution < 1.29 is 8.42 Å². The minimum absolute atomic E-state index is 0.384. The van der Waals surface area contributed by atoms with Crippen LogP contribution in [-0.4, -0.2) is 15.0 Å².